The minimum Gasteiger partial charge on any atom is -0.370 e. The van der Waals surface area contributed by atoms with Crippen molar-refractivity contribution < 1.29 is 14.4 Å². The lowest BCUT2D eigenvalue weighted by Crippen LogP contribution is -2.44. The van der Waals surface area contributed by atoms with Gasteiger partial charge in [-0.1, -0.05) is 18.2 Å². The first-order chi connectivity index (χ1) is 8.50. The van der Waals surface area contributed by atoms with E-state index in [2.05, 4.69) is 5.32 Å². The highest BCUT2D eigenvalue weighted by atomic mass is 16.2. The number of amides is 3. The van der Waals surface area contributed by atoms with Crippen molar-refractivity contribution in [1.29, 1.82) is 0 Å². The molecule has 3 amide bonds. The Morgan fingerprint density at radius 1 is 1.11 bits per heavy atom. The first-order valence-corrected chi connectivity index (χ1v) is 5.44. The summed E-state index contributed by atoms with van der Waals surface area (Å²) in [7, 11) is 0. The van der Waals surface area contributed by atoms with E-state index in [1.54, 1.807) is 30.3 Å². The predicted octanol–water partition coefficient (Wildman–Crippen LogP) is -0.464. The van der Waals surface area contributed by atoms with Crippen LogP contribution >= 0.6 is 0 Å². The molecule has 0 unspecified atom stereocenters. The third-order valence-electron chi connectivity index (χ3n) is 2.36. The molecule has 0 fully saturated rings. The number of hydrogen-bond acceptors (Lipinski definition) is 3. The van der Waals surface area contributed by atoms with Gasteiger partial charge in [-0.05, 0) is 18.6 Å². The maximum absolute atomic E-state index is 11.8. The molecule has 0 radical (unpaired) electrons. The third-order valence-corrected chi connectivity index (χ3v) is 2.36. The average molecular weight is 249 g/mol. The van der Waals surface area contributed by atoms with Gasteiger partial charge in [-0.2, -0.15) is 0 Å². The van der Waals surface area contributed by atoms with E-state index >= 15 is 0 Å². The van der Waals surface area contributed by atoms with Crippen molar-refractivity contribution in [2.24, 2.45) is 11.5 Å². The van der Waals surface area contributed by atoms with Gasteiger partial charge in [0.25, 0.3) is 5.91 Å². The zero-order valence-corrected chi connectivity index (χ0v) is 9.76. The number of hydrogen-bond donors (Lipinski definition) is 3. The van der Waals surface area contributed by atoms with Crippen molar-refractivity contribution in [2.45, 2.75) is 18.9 Å². The molecule has 0 aliphatic rings. The van der Waals surface area contributed by atoms with Gasteiger partial charge in [0.2, 0.25) is 11.8 Å². The van der Waals surface area contributed by atoms with Crippen LogP contribution in [-0.4, -0.2) is 23.8 Å². The van der Waals surface area contributed by atoms with E-state index in [0.717, 1.165) is 0 Å². The molecule has 6 nitrogen and oxygen atoms in total. The SMILES string of the molecule is NC(=O)CC[C@H](NC(=O)c1ccccc1)C(N)=O. The van der Waals surface area contributed by atoms with Gasteiger partial charge >= 0.3 is 0 Å². The summed E-state index contributed by atoms with van der Waals surface area (Å²) >= 11 is 0. The predicted molar refractivity (Wildman–Crippen MR) is 65.3 cm³/mol. The second-order valence-electron chi connectivity index (χ2n) is 3.80. The molecule has 0 saturated carbocycles. The Hall–Kier alpha value is -2.37. The Kier molecular flexibility index (Phi) is 4.86. The second-order valence-corrected chi connectivity index (χ2v) is 3.80. The molecule has 0 heterocycles. The van der Waals surface area contributed by atoms with Crippen molar-refractivity contribution in [1.82, 2.24) is 5.32 Å². The fourth-order valence-corrected chi connectivity index (χ4v) is 1.40. The molecule has 1 aromatic carbocycles. The highest BCUT2D eigenvalue weighted by Crippen LogP contribution is 2.02. The molecule has 1 aromatic rings. The summed E-state index contributed by atoms with van der Waals surface area (Å²) in [5.41, 5.74) is 10.5. The van der Waals surface area contributed by atoms with E-state index in [1.165, 1.54) is 0 Å². The molecule has 0 bridgehead atoms. The molecule has 0 aliphatic heterocycles. The van der Waals surface area contributed by atoms with E-state index in [4.69, 9.17) is 11.5 Å². The van der Waals surface area contributed by atoms with Crippen LogP contribution in [0.3, 0.4) is 0 Å². The number of nitrogens with two attached hydrogens (primary N) is 2. The Labute approximate surface area is 104 Å². The third kappa shape index (κ3) is 4.25. The van der Waals surface area contributed by atoms with Crippen LogP contribution in [0, 0.1) is 0 Å². The molecule has 5 N–H and O–H groups in total. The van der Waals surface area contributed by atoms with Crippen LogP contribution in [-0.2, 0) is 9.59 Å². The molecule has 18 heavy (non-hydrogen) atoms. The Morgan fingerprint density at radius 3 is 2.22 bits per heavy atom. The molecule has 0 aliphatic carbocycles. The molecular weight excluding hydrogens is 234 g/mol. The van der Waals surface area contributed by atoms with E-state index < -0.39 is 23.8 Å². The fraction of sp³-hybridized carbons (Fsp3) is 0.250. The standard InChI is InChI=1S/C12H15N3O3/c13-10(16)7-6-9(11(14)17)15-12(18)8-4-2-1-3-5-8/h1-5,9H,6-7H2,(H2,13,16)(H2,14,17)(H,15,18)/t9-/m0/s1. The zero-order valence-electron chi connectivity index (χ0n) is 9.76. The largest absolute Gasteiger partial charge is 0.370 e. The number of rotatable bonds is 6. The van der Waals surface area contributed by atoms with E-state index in [0.29, 0.717) is 5.56 Å². The van der Waals surface area contributed by atoms with Crippen molar-refractivity contribution in [3.8, 4) is 0 Å². The average Bonchev–Trinajstić information content (AvgIpc) is 2.34. The van der Waals surface area contributed by atoms with E-state index in [-0.39, 0.29) is 12.8 Å². The van der Waals surface area contributed by atoms with Crippen molar-refractivity contribution >= 4 is 17.7 Å². The molecule has 0 aromatic heterocycles. The lowest BCUT2D eigenvalue weighted by Gasteiger charge is -2.14. The van der Waals surface area contributed by atoms with Crippen LogP contribution in [0.25, 0.3) is 0 Å². The highest BCUT2D eigenvalue weighted by molar-refractivity contribution is 5.97. The van der Waals surface area contributed by atoms with Crippen molar-refractivity contribution in [2.75, 3.05) is 0 Å². The number of carbonyl (C=O) groups excluding carboxylic acids is 3. The van der Waals surface area contributed by atoms with Gasteiger partial charge in [0.15, 0.2) is 0 Å². The monoisotopic (exact) mass is 249 g/mol. The van der Waals surface area contributed by atoms with E-state index in [1.807, 2.05) is 0 Å². The smallest absolute Gasteiger partial charge is 0.251 e. The van der Waals surface area contributed by atoms with Crippen molar-refractivity contribution in [3.05, 3.63) is 35.9 Å². The number of nitrogens with one attached hydrogen (secondary N) is 1. The molecular formula is C12H15N3O3. The van der Waals surface area contributed by atoms with Crippen LogP contribution in [0.5, 0.6) is 0 Å². The van der Waals surface area contributed by atoms with Gasteiger partial charge in [0.05, 0.1) is 0 Å². The fourth-order valence-electron chi connectivity index (χ4n) is 1.40. The summed E-state index contributed by atoms with van der Waals surface area (Å²) in [6.45, 7) is 0. The summed E-state index contributed by atoms with van der Waals surface area (Å²) in [5, 5.41) is 2.47. The van der Waals surface area contributed by atoms with E-state index in [9.17, 15) is 14.4 Å². The van der Waals surface area contributed by atoms with Gasteiger partial charge in [0, 0.05) is 12.0 Å². The normalized spacial score (nSPS) is 11.6. The van der Waals surface area contributed by atoms with Gasteiger partial charge in [-0.3, -0.25) is 14.4 Å². The Morgan fingerprint density at radius 2 is 1.72 bits per heavy atom. The first-order valence-electron chi connectivity index (χ1n) is 5.44. The van der Waals surface area contributed by atoms with Crippen LogP contribution < -0.4 is 16.8 Å². The molecule has 1 atom stereocenters. The summed E-state index contributed by atoms with van der Waals surface area (Å²) < 4.78 is 0. The molecule has 6 heteroatoms. The summed E-state index contributed by atoms with van der Waals surface area (Å²) in [4.78, 5) is 33.5. The van der Waals surface area contributed by atoms with Gasteiger partial charge in [-0.25, -0.2) is 0 Å². The maximum Gasteiger partial charge on any atom is 0.251 e. The van der Waals surface area contributed by atoms with Gasteiger partial charge < -0.3 is 16.8 Å². The zero-order chi connectivity index (χ0) is 13.5. The van der Waals surface area contributed by atoms with Gasteiger partial charge in [-0.15, -0.1) is 0 Å². The molecule has 1 rings (SSSR count). The number of benzene rings is 1. The molecule has 96 valence electrons. The van der Waals surface area contributed by atoms with Crippen LogP contribution in [0.2, 0.25) is 0 Å². The summed E-state index contributed by atoms with van der Waals surface area (Å²) in [6.07, 6.45) is 0.0892. The van der Waals surface area contributed by atoms with Crippen LogP contribution in [0.1, 0.15) is 23.2 Å². The molecule has 0 spiro atoms. The Bertz CT molecular complexity index is 445. The highest BCUT2D eigenvalue weighted by Gasteiger charge is 2.19. The topological polar surface area (TPSA) is 115 Å². The lowest BCUT2D eigenvalue weighted by molar-refractivity contribution is -0.120. The second kappa shape index (κ2) is 6.39. The summed E-state index contributed by atoms with van der Waals surface area (Å²) in [6, 6.07) is 7.51. The summed E-state index contributed by atoms with van der Waals surface area (Å²) in [5.74, 6) is -1.65. The molecule has 0 saturated heterocycles. The Balaban J connectivity index is 2.64. The maximum atomic E-state index is 11.8. The lowest BCUT2D eigenvalue weighted by atomic mass is 10.1. The quantitative estimate of drug-likeness (QED) is 0.633. The van der Waals surface area contributed by atoms with Gasteiger partial charge in [0.1, 0.15) is 6.04 Å². The number of primary amides is 2. The van der Waals surface area contributed by atoms with Crippen molar-refractivity contribution in [3.63, 3.8) is 0 Å². The van der Waals surface area contributed by atoms with Crippen LogP contribution in [0.4, 0.5) is 0 Å². The van der Waals surface area contributed by atoms with Crippen LogP contribution in [0.15, 0.2) is 30.3 Å². The first kappa shape index (κ1) is 13.7. The minimum atomic E-state index is -0.898. The number of carbonyl (C=O) groups is 3. The minimum absolute atomic E-state index is 0.0112.